The van der Waals surface area contributed by atoms with E-state index < -0.39 is 0 Å². The number of likely N-dealkylation sites (tertiary alicyclic amines) is 1. The molecule has 0 aliphatic carbocycles. The van der Waals surface area contributed by atoms with Crippen LogP contribution in [0.3, 0.4) is 0 Å². The zero-order valence-electron chi connectivity index (χ0n) is 14.9. The van der Waals surface area contributed by atoms with Crippen molar-refractivity contribution < 1.29 is 19.1 Å². The Bertz CT molecular complexity index is 571. The number of methoxy groups -OCH3 is 2. The summed E-state index contributed by atoms with van der Waals surface area (Å²) in [6, 6.07) is 7.35. The third-order valence-corrected chi connectivity index (χ3v) is 4.34. The molecule has 0 aromatic heterocycles. The molecule has 0 radical (unpaired) electrons. The van der Waals surface area contributed by atoms with E-state index in [0.29, 0.717) is 57.1 Å². The quantitative estimate of drug-likeness (QED) is 0.687. The molecule has 7 nitrogen and oxygen atoms in total. The number of benzene rings is 1. The van der Waals surface area contributed by atoms with Crippen LogP contribution in [0.5, 0.6) is 5.75 Å². The summed E-state index contributed by atoms with van der Waals surface area (Å²) in [6.07, 6.45) is 1.34. The molecule has 0 spiro atoms. The molecule has 1 aromatic rings. The van der Waals surface area contributed by atoms with Crippen LogP contribution in [-0.4, -0.2) is 63.7 Å². The summed E-state index contributed by atoms with van der Waals surface area (Å²) in [5.41, 5.74) is 0.677. The van der Waals surface area contributed by atoms with Gasteiger partial charge in [-0.2, -0.15) is 0 Å². The van der Waals surface area contributed by atoms with Crippen molar-refractivity contribution in [3.8, 4) is 5.75 Å². The smallest absolute Gasteiger partial charge is 0.236 e. The number of carbonyl (C=O) groups is 2. The molecular weight excluding hydrogens is 322 g/mol. The third-order valence-electron chi connectivity index (χ3n) is 4.34. The Morgan fingerprint density at radius 3 is 2.60 bits per heavy atom. The first kappa shape index (κ1) is 19.2. The molecule has 1 aromatic carbocycles. The molecule has 0 unspecified atom stereocenters. The van der Waals surface area contributed by atoms with E-state index >= 15 is 0 Å². The van der Waals surface area contributed by atoms with E-state index in [4.69, 9.17) is 9.47 Å². The number of para-hydroxylation sites is 2. The normalized spacial score (nSPS) is 15.0. The van der Waals surface area contributed by atoms with Gasteiger partial charge in [0.25, 0.3) is 0 Å². The summed E-state index contributed by atoms with van der Waals surface area (Å²) < 4.78 is 10.2. The number of nitrogens with zero attached hydrogens (tertiary/aromatic N) is 1. The number of carbonyl (C=O) groups excluding carboxylic acids is 2. The first-order valence-electron chi connectivity index (χ1n) is 8.57. The van der Waals surface area contributed by atoms with E-state index in [1.807, 2.05) is 29.2 Å². The molecule has 1 heterocycles. The number of hydrogen-bond donors (Lipinski definition) is 2. The Morgan fingerprint density at radius 2 is 1.92 bits per heavy atom. The van der Waals surface area contributed by atoms with Crippen molar-refractivity contribution in [1.29, 1.82) is 0 Å². The van der Waals surface area contributed by atoms with Crippen molar-refractivity contribution in [2.24, 2.45) is 5.92 Å². The maximum absolute atomic E-state index is 12.5. The minimum Gasteiger partial charge on any atom is -0.495 e. The van der Waals surface area contributed by atoms with Gasteiger partial charge in [-0.15, -0.1) is 0 Å². The SMILES string of the molecule is COCCNCC(=O)N1CCC(C(=O)Nc2ccccc2OC)CC1. The molecular formula is C18H27N3O4. The molecule has 1 saturated heterocycles. The monoisotopic (exact) mass is 349 g/mol. The lowest BCUT2D eigenvalue weighted by molar-refractivity contribution is -0.133. The minimum absolute atomic E-state index is 0.0187. The molecule has 1 aliphatic rings. The van der Waals surface area contributed by atoms with Gasteiger partial charge in [0.05, 0.1) is 25.9 Å². The lowest BCUT2D eigenvalue weighted by atomic mass is 9.95. The fourth-order valence-electron chi connectivity index (χ4n) is 2.86. The number of ether oxygens (including phenoxy) is 2. The van der Waals surface area contributed by atoms with Gasteiger partial charge in [-0.05, 0) is 25.0 Å². The Labute approximate surface area is 148 Å². The number of rotatable bonds is 8. The van der Waals surface area contributed by atoms with Crippen molar-refractivity contribution >= 4 is 17.5 Å². The van der Waals surface area contributed by atoms with Crippen molar-refractivity contribution in [3.63, 3.8) is 0 Å². The predicted octanol–water partition coefficient (Wildman–Crippen LogP) is 1.11. The summed E-state index contributed by atoms with van der Waals surface area (Å²) in [5.74, 6) is 0.607. The van der Waals surface area contributed by atoms with E-state index in [2.05, 4.69) is 10.6 Å². The van der Waals surface area contributed by atoms with Gasteiger partial charge in [0, 0.05) is 32.7 Å². The van der Waals surface area contributed by atoms with Gasteiger partial charge in [-0.3, -0.25) is 9.59 Å². The molecule has 2 N–H and O–H groups in total. The van der Waals surface area contributed by atoms with Gasteiger partial charge in [0.1, 0.15) is 5.75 Å². The Morgan fingerprint density at radius 1 is 1.20 bits per heavy atom. The number of piperidine rings is 1. The summed E-state index contributed by atoms with van der Waals surface area (Å²) >= 11 is 0. The number of hydrogen-bond acceptors (Lipinski definition) is 5. The van der Waals surface area contributed by atoms with Crippen LogP contribution < -0.4 is 15.4 Å². The van der Waals surface area contributed by atoms with Crippen LogP contribution in [0.15, 0.2) is 24.3 Å². The van der Waals surface area contributed by atoms with Crippen LogP contribution in [0.1, 0.15) is 12.8 Å². The van der Waals surface area contributed by atoms with Gasteiger partial charge in [0.15, 0.2) is 0 Å². The lowest BCUT2D eigenvalue weighted by Crippen LogP contribution is -2.45. The summed E-state index contributed by atoms with van der Waals surface area (Å²) in [6.45, 7) is 2.75. The highest BCUT2D eigenvalue weighted by Gasteiger charge is 2.27. The average molecular weight is 349 g/mol. The fourth-order valence-corrected chi connectivity index (χ4v) is 2.86. The third kappa shape index (κ3) is 5.72. The Kier molecular flexibility index (Phi) is 7.69. The maximum atomic E-state index is 12.5. The predicted molar refractivity (Wildman–Crippen MR) is 95.7 cm³/mol. The first-order valence-corrected chi connectivity index (χ1v) is 8.57. The van der Waals surface area contributed by atoms with Gasteiger partial charge < -0.3 is 25.0 Å². The lowest BCUT2D eigenvalue weighted by Gasteiger charge is -2.31. The molecule has 0 bridgehead atoms. The van der Waals surface area contributed by atoms with Crippen LogP contribution in [0.2, 0.25) is 0 Å². The van der Waals surface area contributed by atoms with Crippen LogP contribution in [0, 0.1) is 5.92 Å². The maximum Gasteiger partial charge on any atom is 0.236 e. The number of anilines is 1. The largest absolute Gasteiger partial charge is 0.495 e. The molecule has 138 valence electrons. The molecule has 2 amide bonds. The number of nitrogens with one attached hydrogen (secondary N) is 2. The molecule has 1 fully saturated rings. The second-order valence-electron chi connectivity index (χ2n) is 6.01. The van der Waals surface area contributed by atoms with E-state index in [-0.39, 0.29) is 17.7 Å². The topological polar surface area (TPSA) is 79.9 Å². The highest BCUT2D eigenvalue weighted by molar-refractivity contribution is 5.94. The first-order chi connectivity index (χ1) is 12.2. The van der Waals surface area contributed by atoms with Gasteiger partial charge in [-0.1, -0.05) is 12.1 Å². The molecule has 25 heavy (non-hydrogen) atoms. The molecule has 0 saturated carbocycles. The van der Waals surface area contributed by atoms with E-state index in [9.17, 15) is 9.59 Å². The summed E-state index contributed by atoms with van der Waals surface area (Å²) in [4.78, 5) is 26.4. The minimum atomic E-state index is -0.0876. The van der Waals surface area contributed by atoms with E-state index in [0.717, 1.165) is 0 Å². The van der Waals surface area contributed by atoms with Crippen molar-refractivity contribution in [2.75, 3.05) is 52.3 Å². The second-order valence-corrected chi connectivity index (χ2v) is 6.01. The fraction of sp³-hybridized carbons (Fsp3) is 0.556. The zero-order valence-corrected chi connectivity index (χ0v) is 14.9. The highest BCUT2D eigenvalue weighted by atomic mass is 16.5. The standard InChI is InChI=1S/C18H27N3O4/c1-24-12-9-19-13-17(22)21-10-7-14(8-11-21)18(23)20-15-5-3-4-6-16(15)25-2/h3-6,14,19H,7-13H2,1-2H3,(H,20,23). The molecule has 1 aliphatic heterocycles. The van der Waals surface area contributed by atoms with E-state index in [1.54, 1.807) is 14.2 Å². The summed E-state index contributed by atoms with van der Waals surface area (Å²) in [7, 11) is 3.21. The van der Waals surface area contributed by atoms with E-state index in [1.165, 1.54) is 0 Å². The van der Waals surface area contributed by atoms with Gasteiger partial charge in [-0.25, -0.2) is 0 Å². The van der Waals surface area contributed by atoms with Crippen molar-refractivity contribution in [2.45, 2.75) is 12.8 Å². The van der Waals surface area contributed by atoms with Crippen LogP contribution in [0.4, 0.5) is 5.69 Å². The Hall–Kier alpha value is -2.12. The average Bonchev–Trinajstić information content (AvgIpc) is 2.65. The Balaban J connectivity index is 1.77. The molecule has 2 rings (SSSR count). The molecule has 7 heteroatoms. The highest BCUT2D eigenvalue weighted by Crippen LogP contribution is 2.25. The van der Waals surface area contributed by atoms with Gasteiger partial charge in [0.2, 0.25) is 11.8 Å². The van der Waals surface area contributed by atoms with Crippen molar-refractivity contribution in [3.05, 3.63) is 24.3 Å². The molecule has 0 atom stereocenters. The zero-order chi connectivity index (χ0) is 18.1. The van der Waals surface area contributed by atoms with Crippen molar-refractivity contribution in [1.82, 2.24) is 10.2 Å². The summed E-state index contributed by atoms with van der Waals surface area (Å²) in [5, 5.41) is 5.98. The van der Waals surface area contributed by atoms with Crippen LogP contribution in [-0.2, 0) is 14.3 Å². The van der Waals surface area contributed by atoms with Crippen LogP contribution in [0.25, 0.3) is 0 Å². The number of amides is 2. The van der Waals surface area contributed by atoms with Gasteiger partial charge >= 0.3 is 0 Å². The van der Waals surface area contributed by atoms with Crippen LogP contribution >= 0.6 is 0 Å². The second kappa shape index (κ2) is 10.0.